The maximum absolute atomic E-state index is 8.83. The minimum Gasteiger partial charge on any atom is -0.369 e. The Morgan fingerprint density at radius 2 is 1.91 bits per heavy atom. The van der Waals surface area contributed by atoms with Gasteiger partial charge in [-0.2, -0.15) is 10.4 Å². The van der Waals surface area contributed by atoms with Crippen LogP contribution in [0.5, 0.6) is 0 Å². The van der Waals surface area contributed by atoms with Crippen molar-refractivity contribution in [2.75, 3.05) is 43.4 Å². The lowest BCUT2D eigenvalue weighted by atomic mass is 10.1. The SMILES string of the molecule is CN1CCN(c2cccc(Nc3ncc4cccc(-c5cnn(CCC#N)c5)c4n3)c2)CC1. The Balaban J connectivity index is 1.41. The highest BCUT2D eigenvalue weighted by atomic mass is 15.3. The van der Waals surface area contributed by atoms with Gasteiger partial charge in [0.25, 0.3) is 0 Å². The molecule has 2 aromatic carbocycles. The molecule has 5 rings (SSSR count). The molecule has 0 radical (unpaired) electrons. The number of fused-ring (bicyclic) bond motifs is 1. The zero-order valence-corrected chi connectivity index (χ0v) is 18.6. The summed E-state index contributed by atoms with van der Waals surface area (Å²) in [6.45, 7) is 4.77. The van der Waals surface area contributed by atoms with Crippen LogP contribution in [0, 0.1) is 11.3 Å². The number of rotatable bonds is 6. The number of anilines is 3. The fourth-order valence-corrected chi connectivity index (χ4v) is 4.11. The summed E-state index contributed by atoms with van der Waals surface area (Å²) < 4.78 is 1.79. The van der Waals surface area contributed by atoms with E-state index in [4.69, 9.17) is 10.2 Å². The zero-order valence-electron chi connectivity index (χ0n) is 18.6. The van der Waals surface area contributed by atoms with Crippen molar-refractivity contribution in [3.63, 3.8) is 0 Å². The Kier molecular flexibility index (Phi) is 5.87. The molecule has 1 saturated heterocycles. The molecule has 0 unspecified atom stereocenters. The smallest absolute Gasteiger partial charge is 0.227 e. The first-order valence-electron chi connectivity index (χ1n) is 11.2. The number of aromatic nitrogens is 4. The molecule has 8 heteroatoms. The van der Waals surface area contributed by atoms with Crippen LogP contribution in [0.1, 0.15) is 6.42 Å². The molecule has 2 aromatic heterocycles. The Bertz CT molecular complexity index is 1300. The molecule has 0 amide bonds. The second-order valence-electron chi connectivity index (χ2n) is 8.30. The van der Waals surface area contributed by atoms with Gasteiger partial charge >= 0.3 is 0 Å². The van der Waals surface area contributed by atoms with Crippen LogP contribution in [0.2, 0.25) is 0 Å². The Morgan fingerprint density at radius 3 is 2.76 bits per heavy atom. The maximum atomic E-state index is 8.83. The number of aryl methyl sites for hydroxylation is 1. The van der Waals surface area contributed by atoms with Crippen LogP contribution >= 0.6 is 0 Å². The first-order valence-corrected chi connectivity index (χ1v) is 11.2. The lowest BCUT2D eigenvalue weighted by molar-refractivity contribution is 0.313. The number of nitrogens with zero attached hydrogens (tertiary/aromatic N) is 7. The molecule has 1 aliphatic heterocycles. The van der Waals surface area contributed by atoms with Crippen molar-refractivity contribution in [2.24, 2.45) is 0 Å². The maximum Gasteiger partial charge on any atom is 0.227 e. The van der Waals surface area contributed by atoms with Crippen molar-refractivity contribution in [2.45, 2.75) is 13.0 Å². The van der Waals surface area contributed by atoms with Gasteiger partial charge in [0.2, 0.25) is 5.95 Å². The molecular formula is C25H26N8. The summed E-state index contributed by atoms with van der Waals surface area (Å²) >= 11 is 0. The van der Waals surface area contributed by atoms with Crippen molar-refractivity contribution in [3.05, 3.63) is 61.1 Å². The predicted octanol–water partition coefficient (Wildman–Crippen LogP) is 3.90. The average molecular weight is 439 g/mol. The summed E-state index contributed by atoms with van der Waals surface area (Å²) in [4.78, 5) is 14.1. The van der Waals surface area contributed by atoms with Crippen molar-refractivity contribution >= 4 is 28.2 Å². The number of para-hydroxylation sites is 1. The van der Waals surface area contributed by atoms with E-state index < -0.39 is 0 Å². The molecule has 8 nitrogen and oxygen atoms in total. The fraction of sp³-hybridized carbons (Fsp3) is 0.280. The van der Waals surface area contributed by atoms with E-state index in [1.165, 1.54) is 5.69 Å². The number of piperazine rings is 1. The number of hydrogen-bond acceptors (Lipinski definition) is 7. The van der Waals surface area contributed by atoms with Crippen molar-refractivity contribution < 1.29 is 0 Å². The number of hydrogen-bond donors (Lipinski definition) is 1. The highest BCUT2D eigenvalue weighted by Crippen LogP contribution is 2.28. The summed E-state index contributed by atoms with van der Waals surface area (Å²) in [6, 6.07) is 16.6. The molecule has 0 saturated carbocycles. The lowest BCUT2D eigenvalue weighted by Crippen LogP contribution is -2.44. The second kappa shape index (κ2) is 9.27. The summed E-state index contributed by atoms with van der Waals surface area (Å²) in [5, 5.41) is 17.6. The molecule has 0 atom stereocenters. The third kappa shape index (κ3) is 4.64. The van der Waals surface area contributed by atoms with Crippen molar-refractivity contribution in [3.8, 4) is 17.2 Å². The minimum absolute atomic E-state index is 0.431. The molecule has 1 fully saturated rings. The number of benzene rings is 2. The predicted molar refractivity (Wildman–Crippen MR) is 130 cm³/mol. The van der Waals surface area contributed by atoms with E-state index in [1.54, 1.807) is 4.68 Å². The van der Waals surface area contributed by atoms with Crippen molar-refractivity contribution in [1.82, 2.24) is 24.6 Å². The van der Waals surface area contributed by atoms with Crippen LogP contribution < -0.4 is 10.2 Å². The van der Waals surface area contributed by atoms with Gasteiger partial charge in [0, 0.05) is 66.5 Å². The van der Waals surface area contributed by atoms with Gasteiger partial charge in [-0.1, -0.05) is 24.3 Å². The topological polar surface area (TPSA) is 85.9 Å². The molecule has 1 N–H and O–H groups in total. The normalized spacial score (nSPS) is 14.4. The van der Waals surface area contributed by atoms with Gasteiger partial charge in [0.05, 0.1) is 30.7 Å². The van der Waals surface area contributed by atoms with E-state index in [0.717, 1.165) is 53.9 Å². The molecule has 4 aromatic rings. The lowest BCUT2D eigenvalue weighted by Gasteiger charge is -2.34. The molecule has 166 valence electrons. The van der Waals surface area contributed by atoms with E-state index in [1.807, 2.05) is 42.9 Å². The first kappa shape index (κ1) is 20.9. The summed E-state index contributed by atoms with van der Waals surface area (Å²) in [5.74, 6) is 0.558. The fourth-order valence-electron chi connectivity index (χ4n) is 4.11. The van der Waals surface area contributed by atoms with E-state index in [-0.39, 0.29) is 0 Å². The standard InChI is InChI=1S/C25H26N8/c1-31-11-13-32(14-12-31)22-7-3-6-21(15-22)29-25-27-16-19-5-2-8-23(24(19)30-25)20-17-28-33(18-20)10-4-9-26/h2-3,5-8,15-18H,4,10-14H2,1H3,(H,27,29,30). The van der Waals surface area contributed by atoms with E-state index in [0.29, 0.717) is 18.9 Å². The molecular weight excluding hydrogens is 412 g/mol. The quantitative estimate of drug-likeness (QED) is 0.489. The highest BCUT2D eigenvalue weighted by molar-refractivity contribution is 5.93. The van der Waals surface area contributed by atoms with E-state index in [2.05, 4.69) is 56.5 Å². The molecule has 0 spiro atoms. The molecule has 0 bridgehead atoms. The molecule has 33 heavy (non-hydrogen) atoms. The zero-order chi connectivity index (χ0) is 22.6. The van der Waals surface area contributed by atoms with Gasteiger partial charge in [0.1, 0.15) is 0 Å². The van der Waals surface area contributed by atoms with E-state index in [9.17, 15) is 0 Å². The first-order chi connectivity index (χ1) is 16.2. The highest BCUT2D eigenvalue weighted by Gasteiger charge is 2.15. The largest absolute Gasteiger partial charge is 0.369 e. The van der Waals surface area contributed by atoms with Crippen molar-refractivity contribution in [1.29, 1.82) is 5.26 Å². The van der Waals surface area contributed by atoms with Crippen LogP contribution in [-0.4, -0.2) is 57.9 Å². The Labute approximate surface area is 193 Å². The van der Waals surface area contributed by atoms with Gasteiger partial charge in [-0.15, -0.1) is 0 Å². The third-order valence-corrected chi connectivity index (χ3v) is 5.98. The van der Waals surface area contributed by atoms with Gasteiger partial charge in [0.15, 0.2) is 0 Å². The minimum atomic E-state index is 0.431. The molecule has 3 heterocycles. The van der Waals surface area contributed by atoms with Crippen LogP contribution in [0.15, 0.2) is 61.1 Å². The Hall–Kier alpha value is -3.96. The van der Waals surface area contributed by atoms with Crippen LogP contribution in [-0.2, 0) is 6.54 Å². The van der Waals surface area contributed by atoms with Gasteiger partial charge in [-0.25, -0.2) is 9.97 Å². The summed E-state index contributed by atoms with van der Waals surface area (Å²) in [6.07, 6.45) is 6.06. The number of likely N-dealkylation sites (N-methyl/N-ethyl adjacent to an activating group) is 1. The molecule has 0 aliphatic carbocycles. The summed E-state index contributed by atoms with van der Waals surface area (Å²) in [5.41, 5.74) is 5.00. The Morgan fingerprint density at radius 1 is 1.06 bits per heavy atom. The van der Waals surface area contributed by atoms with Crippen LogP contribution in [0.4, 0.5) is 17.3 Å². The monoisotopic (exact) mass is 438 g/mol. The number of nitrogens with one attached hydrogen (secondary N) is 1. The average Bonchev–Trinajstić information content (AvgIpc) is 3.32. The van der Waals surface area contributed by atoms with E-state index >= 15 is 0 Å². The van der Waals surface area contributed by atoms with Gasteiger partial charge in [-0.05, 0) is 25.2 Å². The summed E-state index contributed by atoms with van der Waals surface area (Å²) in [7, 11) is 2.16. The van der Waals surface area contributed by atoms with Crippen LogP contribution in [0.25, 0.3) is 22.0 Å². The van der Waals surface area contributed by atoms with Crippen LogP contribution in [0.3, 0.4) is 0 Å². The van der Waals surface area contributed by atoms with Gasteiger partial charge < -0.3 is 15.1 Å². The third-order valence-electron chi connectivity index (χ3n) is 5.98. The molecule has 1 aliphatic rings. The van der Waals surface area contributed by atoms with Gasteiger partial charge in [-0.3, -0.25) is 4.68 Å². The number of nitriles is 1. The second-order valence-corrected chi connectivity index (χ2v) is 8.30.